The van der Waals surface area contributed by atoms with Gasteiger partial charge in [-0.3, -0.25) is 33.1 Å². The summed E-state index contributed by atoms with van der Waals surface area (Å²) in [6, 6.07) is -0.207. The molecule has 516 valence electrons. The van der Waals surface area contributed by atoms with E-state index >= 15 is 0 Å². The third kappa shape index (κ3) is 18.3. The highest BCUT2D eigenvalue weighted by Gasteiger charge is 2.58. The number of esters is 3. The molecule has 26 atom stereocenters. The van der Waals surface area contributed by atoms with Crippen LogP contribution in [-0.4, -0.2) is 179 Å². The molecule has 4 fully saturated rings. The number of fused-ring (bicyclic) bond motifs is 1. The fourth-order valence-corrected chi connectivity index (χ4v) is 18.1. The van der Waals surface area contributed by atoms with E-state index in [1.54, 1.807) is 62.3 Å². The number of rotatable bonds is 13. The molecule has 5 heterocycles. The van der Waals surface area contributed by atoms with E-state index in [0.29, 0.717) is 31.3 Å². The first-order chi connectivity index (χ1) is 41.5. The lowest BCUT2D eigenvalue weighted by molar-refractivity contribution is -0.263. The quantitative estimate of drug-likeness (QED) is 0.0877. The first-order valence-electron chi connectivity index (χ1n) is 32.9. The normalized spacial score (nSPS) is 43.9. The van der Waals surface area contributed by atoms with Crippen molar-refractivity contribution in [3.8, 4) is 0 Å². The minimum absolute atomic E-state index is 0.00618. The molecule has 5 aliphatic rings. The summed E-state index contributed by atoms with van der Waals surface area (Å²) in [5.74, 6) is -7.14. The number of nitrogens with zero attached hydrogens (tertiary/aromatic N) is 2. The molecule has 4 saturated heterocycles. The van der Waals surface area contributed by atoms with E-state index in [9.17, 15) is 48.1 Å². The number of ether oxygens (including phenoxy) is 8. The molecule has 1 amide bonds. The van der Waals surface area contributed by atoms with Crippen LogP contribution in [-0.2, 0) is 71.0 Å². The third-order valence-electron chi connectivity index (χ3n) is 20.8. The van der Waals surface area contributed by atoms with Crippen molar-refractivity contribution in [3.63, 3.8) is 0 Å². The molecule has 5 rings (SSSR count). The smallest absolute Gasteiger partial charge is 0.405 e. The molecule has 0 aromatic rings. The Hall–Kier alpha value is -3.36. The van der Waals surface area contributed by atoms with Gasteiger partial charge in [-0.15, -0.1) is 0 Å². The van der Waals surface area contributed by atoms with Crippen LogP contribution < -0.4 is 5.73 Å². The number of nitrogens with two attached hydrogens (primary N) is 1. The van der Waals surface area contributed by atoms with Crippen molar-refractivity contribution in [2.45, 2.75) is 278 Å². The summed E-state index contributed by atoms with van der Waals surface area (Å²) < 4.78 is 75.2. The summed E-state index contributed by atoms with van der Waals surface area (Å²) in [4.78, 5) is 84.9. The maximum Gasteiger partial charge on any atom is 0.405 e. The Bertz CT molecular complexity index is 2510. The second kappa shape index (κ2) is 32.4. The number of primary amides is 1. The SMILES string of the molecule is CCC1OC(=O)C(C)C(C(C)C)C(C)C(OC2OC(C)CC(N(C)C)C2P=O)C(C)(O)CC(C)C(=O)/C(C)=C/C1(C)O.CCC1OC(=O)C(C)C(C(C)C)C(C)C(OC2OC(C)CC(N(C)C)C2P=O)C(C)(OC(N)=O)CC(C)C(=O)C(C)C2CC(=O)OC12C. The molecule has 4 N–H and O–H groups in total. The Balaban J connectivity index is 0.000000388. The Labute approximate surface area is 541 Å². The van der Waals surface area contributed by atoms with Crippen molar-refractivity contribution in [2.24, 2.45) is 76.7 Å². The Kier molecular flexibility index (Phi) is 28.5. The van der Waals surface area contributed by atoms with Crippen LogP contribution in [0, 0.1) is 71.0 Å². The van der Waals surface area contributed by atoms with Crippen molar-refractivity contribution in [3.05, 3.63) is 11.6 Å². The summed E-state index contributed by atoms with van der Waals surface area (Å²) in [7, 11) is 7.40. The number of aliphatic hydroxyl groups is 2. The molecule has 0 aromatic carbocycles. The van der Waals surface area contributed by atoms with Crippen LogP contribution in [0.5, 0.6) is 0 Å². The van der Waals surface area contributed by atoms with Gasteiger partial charge < -0.3 is 63.6 Å². The van der Waals surface area contributed by atoms with Gasteiger partial charge in [0.15, 0.2) is 35.3 Å². The predicted molar refractivity (Wildman–Crippen MR) is 342 cm³/mol. The summed E-state index contributed by atoms with van der Waals surface area (Å²) in [6.45, 7) is 36.7. The first kappa shape index (κ1) is 79.1. The lowest BCUT2D eigenvalue weighted by Crippen LogP contribution is -2.59. The largest absolute Gasteiger partial charge is 0.459 e. The van der Waals surface area contributed by atoms with E-state index in [1.165, 1.54) is 6.08 Å². The Morgan fingerprint density at radius 1 is 0.678 bits per heavy atom. The van der Waals surface area contributed by atoms with Gasteiger partial charge in [-0.05, 0) is 162 Å². The number of hydrogen-bond acceptors (Lipinski definition) is 20. The second-order valence-electron chi connectivity index (χ2n) is 29.5. The highest BCUT2D eigenvalue weighted by Crippen LogP contribution is 2.49. The number of Topliss-reactive ketones (excluding diaryl/α,β-unsaturated/α-hetero) is 2. The van der Waals surface area contributed by atoms with Crippen LogP contribution in [0.3, 0.4) is 0 Å². The number of ketones is 2. The molecule has 21 nitrogen and oxygen atoms in total. The Morgan fingerprint density at radius 3 is 1.52 bits per heavy atom. The van der Waals surface area contributed by atoms with Crippen LogP contribution in [0.15, 0.2) is 11.6 Å². The van der Waals surface area contributed by atoms with E-state index in [0.717, 1.165) is 0 Å². The number of hydrogen-bond donors (Lipinski definition) is 3. The zero-order valence-electron chi connectivity index (χ0n) is 58.7. The average Bonchev–Trinajstić information content (AvgIpc) is 1.35. The number of carbonyl (C=O) groups excluding carboxylic acids is 6. The molecule has 23 heteroatoms. The summed E-state index contributed by atoms with van der Waals surface area (Å²) in [5.41, 5.74) is -0.789. The highest BCUT2D eigenvalue weighted by molar-refractivity contribution is 7.25. The molecule has 0 radical (unpaired) electrons. The second-order valence-corrected chi connectivity index (χ2v) is 31.1. The number of cyclic esters (lactones) is 2. The molecule has 0 spiro atoms. The fourth-order valence-electron chi connectivity index (χ4n) is 16.6. The van der Waals surface area contributed by atoms with E-state index < -0.39 is 142 Å². The van der Waals surface area contributed by atoms with E-state index in [2.05, 4.69) is 0 Å². The molecule has 0 aromatic heterocycles. The summed E-state index contributed by atoms with van der Waals surface area (Å²) >= 11 is 0. The maximum absolute atomic E-state index is 14.2. The molecular weight excluding hydrogens is 1200 g/mol. The molecule has 0 saturated carbocycles. The van der Waals surface area contributed by atoms with Crippen molar-refractivity contribution in [1.29, 1.82) is 0 Å². The van der Waals surface area contributed by atoms with Gasteiger partial charge in [0.1, 0.15) is 52.2 Å². The van der Waals surface area contributed by atoms with Gasteiger partial charge >= 0.3 is 24.0 Å². The van der Waals surface area contributed by atoms with Crippen molar-refractivity contribution in [2.75, 3.05) is 28.2 Å². The van der Waals surface area contributed by atoms with Gasteiger partial charge in [-0.25, -0.2) is 4.79 Å². The monoisotopic (exact) mass is 1310 g/mol. The molecule has 5 aliphatic heterocycles. The van der Waals surface area contributed by atoms with Gasteiger partial charge in [0.2, 0.25) is 0 Å². The van der Waals surface area contributed by atoms with Crippen LogP contribution in [0.25, 0.3) is 0 Å². The number of amides is 1. The van der Waals surface area contributed by atoms with E-state index in [-0.39, 0.29) is 95.7 Å². The fraction of sp³-hybridized carbons (Fsp3) is 0.881. The molecule has 90 heavy (non-hydrogen) atoms. The zero-order valence-corrected chi connectivity index (χ0v) is 60.5. The van der Waals surface area contributed by atoms with Crippen LogP contribution in [0.2, 0.25) is 0 Å². The van der Waals surface area contributed by atoms with Gasteiger partial charge in [-0.1, -0.05) is 90.0 Å². The summed E-state index contributed by atoms with van der Waals surface area (Å²) in [5, 5.41) is 23.4. The maximum atomic E-state index is 14.2. The molecular formula is C67H115N3O18P2. The van der Waals surface area contributed by atoms with Gasteiger partial charge in [-0.2, -0.15) is 0 Å². The van der Waals surface area contributed by atoms with Crippen LogP contribution in [0.1, 0.15) is 183 Å². The van der Waals surface area contributed by atoms with Crippen LogP contribution >= 0.6 is 16.9 Å². The van der Waals surface area contributed by atoms with Crippen molar-refractivity contribution in [1.82, 2.24) is 9.80 Å². The van der Waals surface area contributed by atoms with Gasteiger partial charge in [0.25, 0.3) is 0 Å². The first-order valence-corrected chi connectivity index (χ1v) is 34.7. The summed E-state index contributed by atoms with van der Waals surface area (Å²) in [6.07, 6.45) is -3.07. The minimum atomic E-state index is -1.55. The zero-order chi connectivity index (χ0) is 68.8. The predicted octanol–water partition coefficient (Wildman–Crippen LogP) is 10.4. The van der Waals surface area contributed by atoms with E-state index in [4.69, 9.17) is 43.6 Å². The molecule has 26 unspecified atom stereocenters. The average molecular weight is 1310 g/mol. The molecule has 0 bridgehead atoms. The lowest BCUT2D eigenvalue weighted by Gasteiger charge is -2.49. The number of allylic oxidation sites excluding steroid dienone is 1. The Morgan fingerprint density at radius 2 is 1.11 bits per heavy atom. The number of carbonyl (C=O) groups is 6. The minimum Gasteiger partial charge on any atom is -0.459 e. The van der Waals surface area contributed by atoms with Gasteiger partial charge in [0, 0.05) is 35.8 Å². The molecule has 0 aliphatic carbocycles. The van der Waals surface area contributed by atoms with Gasteiger partial charge in [0.05, 0.1) is 42.2 Å². The third-order valence-corrected chi connectivity index (χ3v) is 22.5. The van der Waals surface area contributed by atoms with E-state index in [1.807, 2.05) is 114 Å². The van der Waals surface area contributed by atoms with Crippen molar-refractivity contribution >= 4 is 52.5 Å². The standard InChI is InChI=1S/C35H59N2O10P.C32H56NO8P/c1-13-25-35(10)23(15-26(38)46-35)20(6)28(39)18(4)16-34(9,47-33(36)41)30(21(7)27(17(2)3)22(8)31(40)44-25)45-32-29(48-42)24(37(11)12)14-19(5)43-32;1-13-24-31(9,36)15-18(4)26(34)19(5)16-32(10,37)28(21(7)25(17(2)3)22(8)29(35)40-24)41-30-27(42-38)23(33(11)12)14-20(6)39-30/h17-25,27,29-30,32H,13-16H2,1-12H3,(H2,36,41);15,17,19-25,27-28,30,36-37H,13-14,16H2,1-12H3/b;18-15+. The topological polar surface area (TPSA) is 283 Å². The van der Waals surface area contributed by atoms with Crippen molar-refractivity contribution < 1.29 is 86.0 Å². The van der Waals surface area contributed by atoms with Crippen LogP contribution in [0.4, 0.5) is 4.79 Å². The lowest BCUT2D eigenvalue weighted by atomic mass is 9.67. The highest BCUT2D eigenvalue weighted by atomic mass is 31.1.